The highest BCUT2D eigenvalue weighted by molar-refractivity contribution is 6.32. The summed E-state index contributed by atoms with van der Waals surface area (Å²) in [6.45, 7) is 3.39. The molecule has 0 aliphatic heterocycles. The van der Waals surface area contributed by atoms with Crippen LogP contribution in [0.2, 0.25) is 5.02 Å². The average molecular weight is 322 g/mol. The van der Waals surface area contributed by atoms with Crippen molar-refractivity contribution in [1.29, 1.82) is 0 Å². The number of halogens is 1. The summed E-state index contributed by atoms with van der Waals surface area (Å²) in [7, 11) is 0. The Labute approximate surface area is 134 Å². The van der Waals surface area contributed by atoms with Gasteiger partial charge in [-0.1, -0.05) is 18.5 Å². The minimum Gasteiger partial charge on any atom is -0.423 e. The van der Waals surface area contributed by atoms with Gasteiger partial charge in [0, 0.05) is 35.6 Å². The molecular formula is C17H20ClNO3. The fraction of sp³-hybridized carbons (Fsp3) is 0.471. The van der Waals surface area contributed by atoms with Gasteiger partial charge in [0.15, 0.2) is 0 Å². The molecule has 0 spiro atoms. The van der Waals surface area contributed by atoms with Gasteiger partial charge in [-0.05, 0) is 42.5 Å². The van der Waals surface area contributed by atoms with Crippen molar-refractivity contribution in [1.82, 2.24) is 4.90 Å². The van der Waals surface area contributed by atoms with Crippen LogP contribution in [0.5, 0.6) is 0 Å². The van der Waals surface area contributed by atoms with E-state index in [9.17, 15) is 9.90 Å². The summed E-state index contributed by atoms with van der Waals surface area (Å²) in [6, 6.07) is 5.80. The molecule has 0 atom stereocenters. The van der Waals surface area contributed by atoms with Crippen LogP contribution in [-0.2, 0) is 13.0 Å². The van der Waals surface area contributed by atoms with E-state index in [1.807, 2.05) is 19.1 Å². The Hall–Kier alpha value is -1.36. The summed E-state index contributed by atoms with van der Waals surface area (Å²) in [4.78, 5) is 14.1. The van der Waals surface area contributed by atoms with Crippen molar-refractivity contribution in [2.45, 2.75) is 38.8 Å². The number of aliphatic hydroxyl groups excluding tert-OH is 1. The Kier molecular flexibility index (Phi) is 4.52. The lowest BCUT2D eigenvalue weighted by Gasteiger charge is -2.21. The van der Waals surface area contributed by atoms with E-state index >= 15 is 0 Å². The van der Waals surface area contributed by atoms with E-state index in [2.05, 4.69) is 4.90 Å². The Balaban J connectivity index is 2.04. The third-order valence-corrected chi connectivity index (χ3v) is 4.55. The zero-order chi connectivity index (χ0) is 15.7. The highest BCUT2D eigenvalue weighted by Gasteiger charge is 2.29. The van der Waals surface area contributed by atoms with Gasteiger partial charge in [0.05, 0.1) is 6.61 Å². The minimum atomic E-state index is -0.341. The van der Waals surface area contributed by atoms with Crippen LogP contribution in [0, 0.1) is 0 Å². The fourth-order valence-electron chi connectivity index (χ4n) is 2.87. The monoisotopic (exact) mass is 321 g/mol. The number of hydrogen-bond acceptors (Lipinski definition) is 4. The molecule has 1 N–H and O–H groups in total. The molecule has 0 unspecified atom stereocenters. The molecule has 5 heteroatoms. The zero-order valence-electron chi connectivity index (χ0n) is 12.6. The molecule has 1 aliphatic rings. The van der Waals surface area contributed by atoms with Gasteiger partial charge in [-0.3, -0.25) is 4.90 Å². The summed E-state index contributed by atoms with van der Waals surface area (Å²) in [5, 5.41) is 10.8. The zero-order valence-corrected chi connectivity index (χ0v) is 13.4. The first-order valence-electron chi connectivity index (χ1n) is 7.72. The summed E-state index contributed by atoms with van der Waals surface area (Å²) in [5.41, 5.74) is 2.13. The molecule has 4 nitrogen and oxygen atoms in total. The minimum absolute atomic E-state index is 0.122. The average Bonchev–Trinajstić information content (AvgIpc) is 3.31. The quantitative estimate of drug-likeness (QED) is 0.831. The Bertz CT molecular complexity index is 736. The van der Waals surface area contributed by atoms with Crippen molar-refractivity contribution in [2.24, 2.45) is 0 Å². The predicted molar refractivity (Wildman–Crippen MR) is 87.4 cm³/mol. The van der Waals surface area contributed by atoms with Crippen LogP contribution in [0.15, 0.2) is 27.4 Å². The molecule has 0 saturated heterocycles. The molecule has 0 amide bonds. The molecule has 0 radical (unpaired) electrons. The van der Waals surface area contributed by atoms with E-state index in [1.165, 1.54) is 6.07 Å². The van der Waals surface area contributed by atoms with E-state index in [4.69, 9.17) is 16.0 Å². The molecular weight excluding hydrogens is 302 g/mol. The van der Waals surface area contributed by atoms with Crippen molar-refractivity contribution in [3.05, 3.63) is 44.8 Å². The second-order valence-electron chi connectivity index (χ2n) is 5.81. The van der Waals surface area contributed by atoms with Crippen molar-refractivity contribution < 1.29 is 9.52 Å². The van der Waals surface area contributed by atoms with Gasteiger partial charge in [0.1, 0.15) is 5.58 Å². The smallest absolute Gasteiger partial charge is 0.336 e. The summed E-state index contributed by atoms with van der Waals surface area (Å²) < 4.78 is 5.34. The first kappa shape index (κ1) is 15.5. The third kappa shape index (κ3) is 3.19. The number of aliphatic hydroxyl groups is 1. The number of hydrogen-bond donors (Lipinski definition) is 1. The summed E-state index contributed by atoms with van der Waals surface area (Å²) >= 11 is 6.31. The van der Waals surface area contributed by atoms with Crippen LogP contribution in [0.4, 0.5) is 0 Å². The summed E-state index contributed by atoms with van der Waals surface area (Å²) in [6.07, 6.45) is 3.10. The number of nitrogens with zero attached hydrogens (tertiary/aromatic N) is 1. The van der Waals surface area contributed by atoms with Crippen LogP contribution < -0.4 is 5.63 Å². The molecule has 1 aromatic carbocycles. The van der Waals surface area contributed by atoms with Crippen molar-refractivity contribution in [2.75, 3.05) is 13.2 Å². The molecule has 2 aromatic rings. The highest BCUT2D eigenvalue weighted by Crippen LogP contribution is 2.31. The molecule has 0 bridgehead atoms. The lowest BCUT2D eigenvalue weighted by Crippen LogP contribution is -2.29. The molecule has 22 heavy (non-hydrogen) atoms. The van der Waals surface area contributed by atoms with Crippen LogP contribution in [0.3, 0.4) is 0 Å². The molecule has 1 saturated carbocycles. The SMILES string of the molecule is CCc1cc2oc(=O)cc(CN(CCO)C3CC3)c2cc1Cl. The third-order valence-electron chi connectivity index (χ3n) is 4.20. The second kappa shape index (κ2) is 6.41. The number of fused-ring (bicyclic) bond motifs is 1. The Morgan fingerprint density at radius 1 is 1.32 bits per heavy atom. The van der Waals surface area contributed by atoms with Gasteiger partial charge >= 0.3 is 5.63 Å². The Morgan fingerprint density at radius 2 is 2.09 bits per heavy atom. The van der Waals surface area contributed by atoms with Crippen LogP contribution >= 0.6 is 11.6 Å². The molecule has 118 valence electrons. The van der Waals surface area contributed by atoms with Gasteiger partial charge in [-0.15, -0.1) is 0 Å². The molecule has 1 aromatic heterocycles. The van der Waals surface area contributed by atoms with E-state index < -0.39 is 0 Å². The van der Waals surface area contributed by atoms with Gasteiger partial charge in [-0.2, -0.15) is 0 Å². The number of rotatable bonds is 6. The van der Waals surface area contributed by atoms with E-state index in [-0.39, 0.29) is 12.2 Å². The molecule has 1 aliphatic carbocycles. The van der Waals surface area contributed by atoms with E-state index in [0.717, 1.165) is 35.8 Å². The maximum Gasteiger partial charge on any atom is 0.336 e. The lowest BCUT2D eigenvalue weighted by molar-refractivity contribution is 0.183. The van der Waals surface area contributed by atoms with Crippen molar-refractivity contribution in [3.8, 4) is 0 Å². The largest absolute Gasteiger partial charge is 0.423 e. The molecule has 1 fully saturated rings. The van der Waals surface area contributed by atoms with Crippen molar-refractivity contribution >= 4 is 22.6 Å². The number of benzene rings is 1. The van der Waals surface area contributed by atoms with Crippen LogP contribution in [-0.4, -0.2) is 29.2 Å². The van der Waals surface area contributed by atoms with Gasteiger partial charge < -0.3 is 9.52 Å². The highest BCUT2D eigenvalue weighted by atomic mass is 35.5. The summed E-state index contributed by atoms with van der Waals surface area (Å²) in [5.74, 6) is 0. The predicted octanol–water partition coefficient (Wildman–Crippen LogP) is 2.97. The van der Waals surface area contributed by atoms with Crippen molar-refractivity contribution in [3.63, 3.8) is 0 Å². The molecule has 3 rings (SSSR count). The van der Waals surface area contributed by atoms with E-state index in [0.29, 0.717) is 29.7 Å². The maximum atomic E-state index is 11.8. The van der Waals surface area contributed by atoms with Gasteiger partial charge in [0.2, 0.25) is 0 Å². The van der Waals surface area contributed by atoms with E-state index in [1.54, 1.807) is 0 Å². The standard InChI is InChI=1S/C17H20ClNO3/c1-2-11-7-16-14(9-15(11)18)12(8-17(21)22-16)10-19(5-6-20)13-3-4-13/h7-9,13,20H,2-6,10H2,1H3. The first-order chi connectivity index (χ1) is 10.6. The normalized spacial score (nSPS) is 14.9. The van der Waals surface area contributed by atoms with Gasteiger partial charge in [0.25, 0.3) is 0 Å². The fourth-order valence-corrected chi connectivity index (χ4v) is 3.17. The molecule has 1 heterocycles. The Morgan fingerprint density at radius 3 is 2.73 bits per heavy atom. The first-order valence-corrected chi connectivity index (χ1v) is 8.10. The number of aryl methyl sites for hydroxylation is 1. The van der Waals surface area contributed by atoms with Crippen LogP contribution in [0.1, 0.15) is 30.9 Å². The van der Waals surface area contributed by atoms with Crippen LogP contribution in [0.25, 0.3) is 11.0 Å². The maximum absolute atomic E-state index is 11.8. The lowest BCUT2D eigenvalue weighted by atomic mass is 10.1. The topological polar surface area (TPSA) is 53.7 Å². The van der Waals surface area contributed by atoms with Gasteiger partial charge in [-0.25, -0.2) is 4.79 Å². The second-order valence-corrected chi connectivity index (χ2v) is 6.22.